The topological polar surface area (TPSA) is 19.0 Å². The van der Waals surface area contributed by atoms with Crippen molar-refractivity contribution in [3.8, 4) is 0 Å². The maximum atomic E-state index is 12.5. The Labute approximate surface area is 109 Å². The normalized spacial score (nSPS) is 18.5. The minimum atomic E-state index is -4.71. The number of alkyl halides is 3. The number of halogens is 3. The molecule has 0 N–H and O–H groups in total. The first kappa shape index (κ1) is 14.1. The molecule has 0 amide bonds. The minimum Gasteiger partial charge on any atom is -0.304 e. The van der Waals surface area contributed by atoms with Gasteiger partial charge in [-0.3, -0.25) is 0 Å². The zero-order valence-electron chi connectivity index (χ0n) is 10.6. The van der Waals surface area contributed by atoms with Gasteiger partial charge in [0.25, 0.3) is 0 Å². The maximum absolute atomic E-state index is 12.5. The molecule has 0 atom stereocenters. The summed E-state index contributed by atoms with van der Waals surface area (Å²) in [6.45, 7) is 2.37. The van der Waals surface area contributed by atoms with Gasteiger partial charge in [0.05, 0.1) is 5.69 Å². The predicted molar refractivity (Wildman–Crippen MR) is 65.1 cm³/mol. The molecule has 4 nitrogen and oxygen atoms in total. The second kappa shape index (κ2) is 5.77. The summed E-state index contributed by atoms with van der Waals surface area (Å²) in [5.74, 6) is 0. The number of benzene rings is 1. The predicted octanol–water partition coefficient (Wildman–Crippen LogP) is 2.11. The first-order valence-electron chi connectivity index (χ1n) is 6.00. The summed E-state index contributed by atoms with van der Waals surface area (Å²) in [5.41, 5.74) is 0.365. The first-order chi connectivity index (χ1) is 8.96. The Hall–Kier alpha value is -1.31. The van der Waals surface area contributed by atoms with Gasteiger partial charge in [-0.05, 0) is 19.2 Å². The Morgan fingerprint density at radius 3 is 2.16 bits per heavy atom. The number of hydrogen-bond donors (Lipinski definition) is 0. The molecule has 2 rings (SSSR count). The molecule has 106 valence electrons. The van der Waals surface area contributed by atoms with E-state index in [-0.39, 0.29) is 0 Å². The Balaban J connectivity index is 2.15. The largest absolute Gasteiger partial charge is 0.545 e. The zero-order valence-corrected chi connectivity index (χ0v) is 10.6. The Morgan fingerprint density at radius 2 is 1.63 bits per heavy atom. The highest BCUT2D eigenvalue weighted by atomic mass is 19.4. The Kier molecular flexibility index (Phi) is 4.28. The lowest BCUT2D eigenvalue weighted by molar-refractivity contribution is -0.346. The van der Waals surface area contributed by atoms with Crippen molar-refractivity contribution >= 4 is 5.69 Å². The molecular weight excluding hydrogens is 259 g/mol. The molecule has 0 aromatic heterocycles. The summed E-state index contributed by atoms with van der Waals surface area (Å²) < 4.78 is 37.6. The highest BCUT2D eigenvalue weighted by molar-refractivity contribution is 5.42. The highest BCUT2D eigenvalue weighted by Crippen LogP contribution is 2.25. The average molecular weight is 275 g/mol. The quantitative estimate of drug-likeness (QED) is 0.786. The number of rotatable bonds is 3. The van der Waals surface area contributed by atoms with Gasteiger partial charge in [-0.1, -0.05) is 18.2 Å². The zero-order chi connectivity index (χ0) is 13.9. The number of hydrazine groups is 1. The standard InChI is InChI=1S/C12H16F3N3O/c1-16-7-9-17(10-8-16)18(19-12(13,14)15)11-5-3-2-4-6-11/h2-6H,7-10H2,1H3. The van der Waals surface area contributed by atoms with Gasteiger partial charge in [-0.25, -0.2) is 0 Å². The van der Waals surface area contributed by atoms with E-state index in [2.05, 4.69) is 9.74 Å². The molecule has 1 aromatic carbocycles. The van der Waals surface area contributed by atoms with Crippen molar-refractivity contribution in [3.63, 3.8) is 0 Å². The third kappa shape index (κ3) is 4.09. The molecule has 0 unspecified atom stereocenters. The van der Waals surface area contributed by atoms with E-state index < -0.39 is 6.36 Å². The van der Waals surface area contributed by atoms with Crippen LogP contribution >= 0.6 is 0 Å². The van der Waals surface area contributed by atoms with Crippen molar-refractivity contribution in [1.29, 1.82) is 0 Å². The molecule has 1 fully saturated rings. The summed E-state index contributed by atoms with van der Waals surface area (Å²) in [7, 11) is 1.94. The molecular formula is C12H16F3N3O. The summed E-state index contributed by atoms with van der Waals surface area (Å²) in [6.07, 6.45) is -4.71. The minimum absolute atomic E-state index is 0.365. The van der Waals surface area contributed by atoms with E-state index >= 15 is 0 Å². The third-order valence-electron chi connectivity index (χ3n) is 2.90. The molecule has 0 spiro atoms. The lowest BCUT2D eigenvalue weighted by atomic mass is 10.3. The van der Waals surface area contributed by atoms with Crippen molar-refractivity contribution in [2.45, 2.75) is 6.36 Å². The molecule has 0 bridgehead atoms. The Morgan fingerprint density at radius 1 is 1.05 bits per heavy atom. The van der Waals surface area contributed by atoms with Gasteiger partial charge >= 0.3 is 6.36 Å². The molecule has 0 aliphatic carbocycles. The number of para-hydroxylation sites is 1. The van der Waals surface area contributed by atoms with Gasteiger partial charge in [-0.15, -0.1) is 13.2 Å². The second-order valence-corrected chi connectivity index (χ2v) is 4.40. The fraction of sp³-hybridized carbons (Fsp3) is 0.500. The third-order valence-corrected chi connectivity index (χ3v) is 2.90. The molecule has 1 saturated heterocycles. The van der Waals surface area contributed by atoms with Gasteiger partial charge in [0.2, 0.25) is 0 Å². The van der Waals surface area contributed by atoms with E-state index in [0.717, 1.165) is 5.17 Å². The number of nitrogens with zero attached hydrogens (tertiary/aromatic N) is 3. The van der Waals surface area contributed by atoms with Gasteiger partial charge < -0.3 is 4.90 Å². The van der Waals surface area contributed by atoms with E-state index in [4.69, 9.17) is 0 Å². The molecule has 1 aromatic rings. The lowest BCUT2D eigenvalue weighted by Gasteiger charge is -2.39. The molecule has 1 heterocycles. The van der Waals surface area contributed by atoms with Crippen LogP contribution in [-0.4, -0.2) is 49.5 Å². The number of likely N-dealkylation sites (N-methyl/N-ethyl adjacent to an activating group) is 1. The van der Waals surface area contributed by atoms with Crippen LogP contribution in [0.1, 0.15) is 0 Å². The number of anilines is 1. The van der Waals surface area contributed by atoms with E-state index in [9.17, 15) is 13.2 Å². The molecule has 1 aliphatic heterocycles. The van der Waals surface area contributed by atoms with Crippen LogP contribution < -0.4 is 5.17 Å². The van der Waals surface area contributed by atoms with Crippen molar-refractivity contribution in [2.75, 3.05) is 38.4 Å². The Bertz CT molecular complexity index is 391. The number of hydrogen-bond acceptors (Lipinski definition) is 4. The van der Waals surface area contributed by atoms with Crippen molar-refractivity contribution < 1.29 is 18.0 Å². The lowest BCUT2D eigenvalue weighted by Crippen LogP contribution is -2.54. The van der Waals surface area contributed by atoms with E-state index in [1.807, 2.05) is 7.05 Å². The van der Waals surface area contributed by atoms with Crippen LogP contribution in [0.15, 0.2) is 30.3 Å². The molecule has 0 saturated carbocycles. The number of piperazine rings is 1. The first-order valence-corrected chi connectivity index (χ1v) is 6.00. The van der Waals surface area contributed by atoms with Gasteiger partial charge in [0.1, 0.15) is 0 Å². The highest BCUT2D eigenvalue weighted by Gasteiger charge is 2.36. The van der Waals surface area contributed by atoms with Gasteiger partial charge in [0, 0.05) is 26.2 Å². The average Bonchev–Trinajstić information content (AvgIpc) is 2.37. The van der Waals surface area contributed by atoms with Crippen molar-refractivity contribution in [2.24, 2.45) is 0 Å². The molecule has 0 radical (unpaired) electrons. The van der Waals surface area contributed by atoms with Gasteiger partial charge in [0.15, 0.2) is 0 Å². The smallest absolute Gasteiger partial charge is 0.304 e. The fourth-order valence-electron chi connectivity index (χ4n) is 1.90. The van der Waals surface area contributed by atoms with E-state index in [1.54, 1.807) is 35.3 Å². The van der Waals surface area contributed by atoms with Crippen LogP contribution in [0.25, 0.3) is 0 Å². The summed E-state index contributed by atoms with van der Waals surface area (Å²) >= 11 is 0. The summed E-state index contributed by atoms with van der Waals surface area (Å²) in [5, 5.41) is 2.40. The molecule has 1 aliphatic rings. The molecule has 7 heteroatoms. The molecule has 19 heavy (non-hydrogen) atoms. The van der Waals surface area contributed by atoms with Crippen molar-refractivity contribution in [1.82, 2.24) is 9.91 Å². The van der Waals surface area contributed by atoms with Crippen LogP contribution in [0, 0.1) is 0 Å². The summed E-state index contributed by atoms with van der Waals surface area (Å²) in [6, 6.07) is 8.28. The fourth-order valence-corrected chi connectivity index (χ4v) is 1.90. The van der Waals surface area contributed by atoms with Gasteiger partial charge in [-0.2, -0.15) is 15.0 Å². The second-order valence-electron chi connectivity index (χ2n) is 4.40. The van der Waals surface area contributed by atoms with Crippen LogP contribution in [-0.2, 0) is 4.84 Å². The maximum Gasteiger partial charge on any atom is 0.545 e. The van der Waals surface area contributed by atoms with Crippen LogP contribution in [0.3, 0.4) is 0 Å². The van der Waals surface area contributed by atoms with Crippen LogP contribution in [0.2, 0.25) is 0 Å². The SMILES string of the molecule is CN1CCN(N(OC(F)(F)F)c2ccccc2)CC1. The van der Waals surface area contributed by atoms with E-state index in [0.29, 0.717) is 31.9 Å². The van der Waals surface area contributed by atoms with Crippen molar-refractivity contribution in [3.05, 3.63) is 30.3 Å². The monoisotopic (exact) mass is 275 g/mol. The van der Waals surface area contributed by atoms with Crippen LogP contribution in [0.5, 0.6) is 0 Å². The van der Waals surface area contributed by atoms with Crippen LogP contribution in [0.4, 0.5) is 18.9 Å². The summed E-state index contributed by atoms with van der Waals surface area (Å²) in [4.78, 5) is 6.20. The van der Waals surface area contributed by atoms with E-state index in [1.165, 1.54) is 0 Å².